The van der Waals surface area contributed by atoms with E-state index >= 15 is 0 Å². The maximum absolute atomic E-state index is 12.0. The molecule has 0 saturated heterocycles. The summed E-state index contributed by atoms with van der Waals surface area (Å²) in [6, 6.07) is 0. The highest BCUT2D eigenvalue weighted by Crippen LogP contribution is 2.14. The molecule has 1 aromatic heterocycles. The number of aliphatic hydroxyl groups is 1. The van der Waals surface area contributed by atoms with Gasteiger partial charge in [0, 0.05) is 13.6 Å². The molecule has 1 rings (SSSR count). The number of aliphatic hydroxyl groups excluding tert-OH is 1. The maximum Gasteiger partial charge on any atom is 0.259 e. The van der Waals surface area contributed by atoms with Crippen molar-refractivity contribution in [1.29, 1.82) is 0 Å². The SMILES string of the molecule is Cc1noc(C)c1C(=O)N(C)CCC(C)O. The van der Waals surface area contributed by atoms with Crippen molar-refractivity contribution in [2.75, 3.05) is 13.6 Å². The minimum absolute atomic E-state index is 0.114. The Bertz CT molecular complexity index is 352. The van der Waals surface area contributed by atoms with Crippen LogP contribution in [0.5, 0.6) is 0 Å². The third kappa shape index (κ3) is 2.82. The van der Waals surface area contributed by atoms with Gasteiger partial charge in [0.1, 0.15) is 11.3 Å². The van der Waals surface area contributed by atoms with Crippen molar-refractivity contribution in [2.24, 2.45) is 0 Å². The van der Waals surface area contributed by atoms with Crippen LogP contribution in [0.25, 0.3) is 0 Å². The second kappa shape index (κ2) is 5.12. The van der Waals surface area contributed by atoms with E-state index in [4.69, 9.17) is 9.63 Å². The van der Waals surface area contributed by atoms with E-state index in [2.05, 4.69) is 5.16 Å². The first-order valence-electron chi connectivity index (χ1n) is 5.30. The Morgan fingerprint density at radius 2 is 2.19 bits per heavy atom. The number of carbonyl (C=O) groups excluding carboxylic acids is 1. The predicted octanol–water partition coefficient (Wildman–Crippen LogP) is 1.13. The van der Waals surface area contributed by atoms with E-state index in [0.29, 0.717) is 30.0 Å². The minimum atomic E-state index is -0.403. The summed E-state index contributed by atoms with van der Waals surface area (Å²) in [6.07, 6.45) is 0.158. The van der Waals surface area contributed by atoms with E-state index in [1.807, 2.05) is 0 Å². The van der Waals surface area contributed by atoms with Gasteiger partial charge >= 0.3 is 0 Å². The summed E-state index contributed by atoms with van der Waals surface area (Å²) in [4.78, 5) is 13.6. The fourth-order valence-electron chi connectivity index (χ4n) is 1.46. The molecule has 1 unspecified atom stereocenters. The highest BCUT2D eigenvalue weighted by atomic mass is 16.5. The van der Waals surface area contributed by atoms with Crippen LogP contribution >= 0.6 is 0 Å². The largest absolute Gasteiger partial charge is 0.393 e. The van der Waals surface area contributed by atoms with Crippen LogP contribution in [0.15, 0.2) is 4.52 Å². The molecule has 5 nitrogen and oxygen atoms in total. The first-order chi connectivity index (χ1) is 7.43. The molecule has 0 aliphatic carbocycles. The van der Waals surface area contributed by atoms with Gasteiger partial charge in [0.05, 0.1) is 11.8 Å². The Kier molecular flexibility index (Phi) is 4.06. The van der Waals surface area contributed by atoms with Crippen LogP contribution in [0.1, 0.15) is 35.2 Å². The molecule has 90 valence electrons. The van der Waals surface area contributed by atoms with Gasteiger partial charge in [0.2, 0.25) is 0 Å². The summed E-state index contributed by atoms with van der Waals surface area (Å²) in [5.41, 5.74) is 1.12. The van der Waals surface area contributed by atoms with Crippen LogP contribution < -0.4 is 0 Å². The van der Waals surface area contributed by atoms with Crippen LogP contribution in [0, 0.1) is 13.8 Å². The first-order valence-corrected chi connectivity index (χ1v) is 5.30. The second-order valence-corrected chi connectivity index (χ2v) is 4.06. The Labute approximate surface area is 95.0 Å². The number of carbonyl (C=O) groups is 1. The lowest BCUT2D eigenvalue weighted by Gasteiger charge is -2.17. The molecule has 1 aromatic rings. The van der Waals surface area contributed by atoms with Crippen molar-refractivity contribution in [3.63, 3.8) is 0 Å². The molecule has 0 saturated carbocycles. The third-order valence-electron chi connectivity index (χ3n) is 2.48. The molecule has 1 atom stereocenters. The molecule has 1 N–H and O–H groups in total. The van der Waals surface area contributed by atoms with Gasteiger partial charge in [-0.25, -0.2) is 0 Å². The van der Waals surface area contributed by atoms with E-state index in [9.17, 15) is 4.79 Å². The summed E-state index contributed by atoms with van der Waals surface area (Å²) in [5, 5.41) is 12.9. The first kappa shape index (κ1) is 12.7. The zero-order chi connectivity index (χ0) is 12.3. The van der Waals surface area contributed by atoms with Crippen LogP contribution in [0.2, 0.25) is 0 Å². The van der Waals surface area contributed by atoms with Gasteiger partial charge in [-0.2, -0.15) is 0 Å². The van der Waals surface area contributed by atoms with Crippen LogP contribution in [-0.2, 0) is 0 Å². The Morgan fingerprint density at radius 3 is 2.62 bits per heavy atom. The smallest absolute Gasteiger partial charge is 0.259 e. The zero-order valence-electron chi connectivity index (χ0n) is 10.1. The van der Waals surface area contributed by atoms with Crippen LogP contribution in [0.4, 0.5) is 0 Å². The number of aryl methyl sites for hydroxylation is 2. The number of aromatic nitrogens is 1. The number of nitrogens with zero attached hydrogens (tertiary/aromatic N) is 2. The third-order valence-corrected chi connectivity index (χ3v) is 2.48. The quantitative estimate of drug-likeness (QED) is 0.835. The van der Waals surface area contributed by atoms with Crippen molar-refractivity contribution in [3.8, 4) is 0 Å². The predicted molar refractivity (Wildman–Crippen MR) is 59.2 cm³/mol. The summed E-state index contributed by atoms with van der Waals surface area (Å²) < 4.78 is 4.95. The Hall–Kier alpha value is -1.36. The van der Waals surface area contributed by atoms with E-state index in [-0.39, 0.29) is 5.91 Å². The molecule has 0 aliphatic heterocycles. The van der Waals surface area contributed by atoms with Gasteiger partial charge in [-0.15, -0.1) is 0 Å². The van der Waals surface area contributed by atoms with Gasteiger partial charge < -0.3 is 14.5 Å². The average Bonchev–Trinajstić information content (AvgIpc) is 2.54. The topological polar surface area (TPSA) is 66.6 Å². The van der Waals surface area contributed by atoms with Crippen molar-refractivity contribution in [2.45, 2.75) is 33.3 Å². The molecule has 1 amide bonds. The number of rotatable bonds is 4. The van der Waals surface area contributed by atoms with Gasteiger partial charge in [0.15, 0.2) is 0 Å². The monoisotopic (exact) mass is 226 g/mol. The molecule has 0 fully saturated rings. The second-order valence-electron chi connectivity index (χ2n) is 4.06. The maximum atomic E-state index is 12.0. The van der Waals surface area contributed by atoms with E-state index < -0.39 is 6.10 Å². The van der Waals surface area contributed by atoms with Crippen LogP contribution in [0.3, 0.4) is 0 Å². The Morgan fingerprint density at radius 1 is 1.56 bits per heavy atom. The minimum Gasteiger partial charge on any atom is -0.393 e. The van der Waals surface area contributed by atoms with E-state index in [1.165, 1.54) is 0 Å². The molecule has 0 aromatic carbocycles. The van der Waals surface area contributed by atoms with Crippen molar-refractivity contribution in [1.82, 2.24) is 10.1 Å². The molecule has 0 bridgehead atoms. The molecular formula is C11H18N2O3. The van der Waals surface area contributed by atoms with Gasteiger partial charge in [0.25, 0.3) is 5.91 Å². The highest BCUT2D eigenvalue weighted by Gasteiger charge is 2.20. The molecule has 1 heterocycles. The van der Waals surface area contributed by atoms with Crippen LogP contribution in [-0.4, -0.2) is 40.8 Å². The standard InChI is InChI=1S/C11H18N2O3/c1-7(14)5-6-13(4)11(15)10-8(2)12-16-9(10)3/h7,14H,5-6H2,1-4H3. The van der Waals surface area contributed by atoms with Gasteiger partial charge in [-0.05, 0) is 27.2 Å². The summed E-state index contributed by atoms with van der Waals surface area (Å²) >= 11 is 0. The molecule has 16 heavy (non-hydrogen) atoms. The molecule has 0 radical (unpaired) electrons. The van der Waals surface area contributed by atoms with Crippen molar-refractivity contribution >= 4 is 5.91 Å². The molecule has 5 heteroatoms. The molecular weight excluding hydrogens is 208 g/mol. The average molecular weight is 226 g/mol. The highest BCUT2D eigenvalue weighted by molar-refractivity contribution is 5.95. The summed E-state index contributed by atoms with van der Waals surface area (Å²) in [6.45, 7) is 5.68. The number of hydrogen-bond donors (Lipinski definition) is 1. The molecule has 0 aliphatic rings. The van der Waals surface area contributed by atoms with E-state index in [1.54, 1.807) is 32.7 Å². The van der Waals surface area contributed by atoms with E-state index in [0.717, 1.165) is 0 Å². The zero-order valence-corrected chi connectivity index (χ0v) is 10.1. The van der Waals surface area contributed by atoms with Gasteiger partial charge in [-0.3, -0.25) is 4.79 Å². The normalized spacial score (nSPS) is 12.6. The lowest BCUT2D eigenvalue weighted by molar-refractivity contribution is 0.0766. The molecule has 0 spiro atoms. The van der Waals surface area contributed by atoms with Gasteiger partial charge in [-0.1, -0.05) is 5.16 Å². The lowest BCUT2D eigenvalue weighted by Crippen LogP contribution is -2.30. The summed E-state index contributed by atoms with van der Waals surface area (Å²) in [7, 11) is 1.70. The van der Waals surface area contributed by atoms with Crippen molar-refractivity contribution < 1.29 is 14.4 Å². The number of hydrogen-bond acceptors (Lipinski definition) is 4. The van der Waals surface area contributed by atoms with Crippen molar-refractivity contribution in [3.05, 3.63) is 17.0 Å². The fraction of sp³-hybridized carbons (Fsp3) is 0.636. The number of amides is 1. The Balaban J connectivity index is 2.71. The summed E-state index contributed by atoms with van der Waals surface area (Å²) in [5.74, 6) is 0.420. The fourth-order valence-corrected chi connectivity index (χ4v) is 1.46. The lowest BCUT2D eigenvalue weighted by atomic mass is 10.1.